The first-order valence-electron chi connectivity index (χ1n) is 11.0. The first kappa shape index (κ1) is 22.1. The predicted molar refractivity (Wildman–Crippen MR) is 131 cm³/mol. The van der Waals surface area contributed by atoms with E-state index in [1.54, 1.807) is 42.9 Å². The summed E-state index contributed by atoms with van der Waals surface area (Å²) >= 11 is 0. The molecule has 4 aromatic heterocycles. The number of primary amides is 1. The van der Waals surface area contributed by atoms with Crippen LogP contribution < -0.4 is 11.1 Å². The molecule has 1 atom stereocenters. The minimum atomic E-state index is -0.573. The topological polar surface area (TPSA) is 122 Å². The van der Waals surface area contributed by atoms with Crippen LogP contribution in [-0.4, -0.2) is 31.1 Å². The van der Waals surface area contributed by atoms with E-state index in [1.807, 2.05) is 25.1 Å². The van der Waals surface area contributed by atoms with Crippen LogP contribution in [0.25, 0.3) is 22.3 Å². The van der Waals surface area contributed by atoms with Gasteiger partial charge in [-0.3, -0.25) is 14.9 Å². The number of nitrogens with two attached hydrogens (primary N) is 1. The number of benzene rings is 1. The number of halogens is 1. The number of carbonyl (C=O) groups excluding carboxylic acids is 1. The van der Waals surface area contributed by atoms with Crippen LogP contribution in [0.15, 0.2) is 73.2 Å². The van der Waals surface area contributed by atoms with Gasteiger partial charge in [0, 0.05) is 35.8 Å². The van der Waals surface area contributed by atoms with Crippen molar-refractivity contribution in [3.8, 4) is 11.3 Å². The Kier molecular flexibility index (Phi) is 5.88. The molecule has 4 N–H and O–H groups in total. The maximum absolute atomic E-state index is 13.3. The normalized spacial score (nSPS) is 11.9. The van der Waals surface area contributed by atoms with Crippen molar-refractivity contribution in [2.75, 3.05) is 5.32 Å². The zero-order valence-electron chi connectivity index (χ0n) is 18.9. The number of nitrogens with one attached hydrogen (secondary N) is 2. The molecule has 5 rings (SSSR count). The highest BCUT2D eigenvalue weighted by molar-refractivity contribution is 5.97. The Morgan fingerprint density at radius 3 is 2.63 bits per heavy atom. The van der Waals surface area contributed by atoms with E-state index in [0.717, 1.165) is 39.1 Å². The van der Waals surface area contributed by atoms with Crippen molar-refractivity contribution in [3.05, 3.63) is 101 Å². The third-order valence-corrected chi connectivity index (χ3v) is 5.87. The van der Waals surface area contributed by atoms with Crippen LogP contribution in [0, 0.1) is 5.82 Å². The Balaban J connectivity index is 1.34. The number of H-pyrrole nitrogens is 1. The predicted octanol–water partition coefficient (Wildman–Crippen LogP) is 4.42. The number of hydrogen-bond acceptors (Lipinski definition) is 6. The Bertz CT molecular complexity index is 1500. The van der Waals surface area contributed by atoms with Gasteiger partial charge in [-0.2, -0.15) is 5.10 Å². The first-order valence-corrected chi connectivity index (χ1v) is 11.0. The van der Waals surface area contributed by atoms with Crippen molar-refractivity contribution in [2.45, 2.75) is 19.4 Å². The highest BCUT2D eigenvalue weighted by Crippen LogP contribution is 2.26. The fourth-order valence-corrected chi connectivity index (χ4v) is 3.83. The van der Waals surface area contributed by atoms with Crippen molar-refractivity contribution >= 4 is 22.8 Å². The minimum absolute atomic E-state index is 0.0970. The highest BCUT2D eigenvalue weighted by atomic mass is 19.1. The number of carbonyl (C=O) groups is 1. The second kappa shape index (κ2) is 9.30. The van der Waals surface area contributed by atoms with Gasteiger partial charge in [-0.25, -0.2) is 14.4 Å². The molecule has 0 radical (unpaired) electrons. The molecule has 8 nitrogen and oxygen atoms in total. The smallest absolute Gasteiger partial charge is 0.252 e. The van der Waals surface area contributed by atoms with E-state index in [4.69, 9.17) is 5.73 Å². The van der Waals surface area contributed by atoms with E-state index in [2.05, 4.69) is 30.5 Å². The maximum atomic E-state index is 13.3. The number of aromatic amines is 1. The van der Waals surface area contributed by atoms with Gasteiger partial charge in [-0.15, -0.1) is 0 Å². The maximum Gasteiger partial charge on any atom is 0.252 e. The van der Waals surface area contributed by atoms with E-state index in [-0.39, 0.29) is 11.7 Å². The molecule has 1 amide bonds. The van der Waals surface area contributed by atoms with Gasteiger partial charge >= 0.3 is 0 Å². The van der Waals surface area contributed by atoms with Crippen LogP contribution >= 0.6 is 0 Å². The SMILES string of the molecule is C[C@@H](c1ccc(F)cc1)c1ccc(C(N)=O)c(NCc2ccc(-c3cnc4[nH]ncc4c3)nc2)n1. The van der Waals surface area contributed by atoms with Crippen LogP contribution in [0.4, 0.5) is 10.2 Å². The van der Waals surface area contributed by atoms with Gasteiger partial charge in [-0.1, -0.05) is 25.1 Å². The molecule has 174 valence electrons. The van der Waals surface area contributed by atoms with Gasteiger partial charge in [-0.05, 0) is 47.5 Å². The molecule has 0 unspecified atom stereocenters. The van der Waals surface area contributed by atoms with Crippen LogP contribution in [0.3, 0.4) is 0 Å². The van der Waals surface area contributed by atoms with E-state index in [9.17, 15) is 9.18 Å². The minimum Gasteiger partial charge on any atom is -0.365 e. The third kappa shape index (κ3) is 4.70. The molecular weight excluding hydrogens is 445 g/mol. The number of nitrogens with zero attached hydrogens (tertiary/aromatic N) is 4. The summed E-state index contributed by atoms with van der Waals surface area (Å²) in [5, 5.41) is 10.9. The number of pyridine rings is 3. The molecule has 35 heavy (non-hydrogen) atoms. The molecule has 0 saturated heterocycles. The average molecular weight is 468 g/mol. The van der Waals surface area contributed by atoms with E-state index in [1.165, 1.54) is 12.1 Å². The number of amides is 1. The Labute approximate surface area is 200 Å². The zero-order valence-corrected chi connectivity index (χ0v) is 18.9. The van der Waals surface area contributed by atoms with Crippen LogP contribution in [0.2, 0.25) is 0 Å². The molecular formula is C26H22FN7O. The van der Waals surface area contributed by atoms with Crippen molar-refractivity contribution < 1.29 is 9.18 Å². The fraction of sp³-hybridized carbons (Fsp3) is 0.115. The second-order valence-corrected chi connectivity index (χ2v) is 8.21. The molecule has 0 saturated carbocycles. The highest BCUT2D eigenvalue weighted by Gasteiger charge is 2.16. The number of aromatic nitrogens is 5. The first-order chi connectivity index (χ1) is 17.0. The lowest BCUT2D eigenvalue weighted by Gasteiger charge is -2.16. The summed E-state index contributed by atoms with van der Waals surface area (Å²) in [7, 11) is 0. The summed E-state index contributed by atoms with van der Waals surface area (Å²) in [5.41, 5.74) is 10.8. The lowest BCUT2D eigenvalue weighted by atomic mass is 9.96. The van der Waals surface area contributed by atoms with Gasteiger partial charge < -0.3 is 11.1 Å². The van der Waals surface area contributed by atoms with Crippen LogP contribution in [0.5, 0.6) is 0 Å². The van der Waals surface area contributed by atoms with Crippen LogP contribution in [-0.2, 0) is 6.54 Å². The fourth-order valence-electron chi connectivity index (χ4n) is 3.83. The van der Waals surface area contributed by atoms with Crippen molar-refractivity contribution in [3.63, 3.8) is 0 Å². The summed E-state index contributed by atoms with van der Waals surface area (Å²) < 4.78 is 13.3. The van der Waals surface area contributed by atoms with E-state index >= 15 is 0 Å². The number of anilines is 1. The van der Waals surface area contributed by atoms with Crippen LogP contribution in [0.1, 0.15) is 40.0 Å². The molecule has 0 aliphatic rings. The zero-order chi connectivity index (χ0) is 24.4. The summed E-state index contributed by atoms with van der Waals surface area (Å²) in [6.07, 6.45) is 5.23. The van der Waals surface area contributed by atoms with Gasteiger partial charge in [0.2, 0.25) is 0 Å². The quantitative estimate of drug-likeness (QED) is 0.326. The molecule has 4 heterocycles. The van der Waals surface area contributed by atoms with Crippen molar-refractivity contribution in [1.29, 1.82) is 0 Å². The standard InChI is InChI=1S/C26H22FN7O/c1-15(17-3-5-20(27)6-4-17)22-9-7-21(24(28)35)26(33-22)30-12-16-2-8-23(29-11-16)18-10-19-14-32-34-25(19)31-13-18/h2-11,13-15H,12H2,1H3,(H2,28,35)(H,30,33)(H,31,32,34)/t15-/m0/s1. The van der Waals surface area contributed by atoms with Gasteiger partial charge in [0.25, 0.3) is 5.91 Å². The Morgan fingerprint density at radius 1 is 1.06 bits per heavy atom. The molecule has 0 bridgehead atoms. The van der Waals surface area contributed by atoms with Crippen molar-refractivity contribution in [1.82, 2.24) is 25.1 Å². The van der Waals surface area contributed by atoms with E-state index < -0.39 is 5.91 Å². The number of fused-ring (bicyclic) bond motifs is 1. The lowest BCUT2D eigenvalue weighted by molar-refractivity contribution is 0.100. The number of rotatable bonds is 7. The molecule has 0 fully saturated rings. The van der Waals surface area contributed by atoms with Crippen molar-refractivity contribution in [2.24, 2.45) is 5.73 Å². The monoisotopic (exact) mass is 467 g/mol. The number of hydrogen-bond donors (Lipinski definition) is 3. The summed E-state index contributed by atoms with van der Waals surface area (Å²) in [6, 6.07) is 15.6. The molecule has 5 aromatic rings. The summed E-state index contributed by atoms with van der Waals surface area (Å²) in [6.45, 7) is 2.37. The van der Waals surface area contributed by atoms with E-state index in [0.29, 0.717) is 17.9 Å². The second-order valence-electron chi connectivity index (χ2n) is 8.21. The molecule has 0 aliphatic heterocycles. The molecule has 0 spiro atoms. The summed E-state index contributed by atoms with van der Waals surface area (Å²) in [5.74, 6) is -0.572. The van der Waals surface area contributed by atoms with Gasteiger partial charge in [0.15, 0.2) is 5.65 Å². The molecule has 0 aliphatic carbocycles. The Hall–Kier alpha value is -4.66. The average Bonchev–Trinajstić information content (AvgIpc) is 3.35. The Morgan fingerprint density at radius 2 is 1.89 bits per heavy atom. The summed E-state index contributed by atoms with van der Waals surface area (Å²) in [4.78, 5) is 25.5. The lowest BCUT2D eigenvalue weighted by Crippen LogP contribution is -2.16. The largest absolute Gasteiger partial charge is 0.365 e. The van der Waals surface area contributed by atoms with Gasteiger partial charge in [0.1, 0.15) is 11.6 Å². The third-order valence-electron chi connectivity index (χ3n) is 5.87. The molecule has 1 aromatic carbocycles. The molecule has 9 heteroatoms. The van der Waals surface area contributed by atoms with Gasteiger partial charge in [0.05, 0.1) is 23.1 Å².